The number of rotatable bonds is 6. The van der Waals surface area contributed by atoms with Crippen molar-refractivity contribution in [2.24, 2.45) is 5.92 Å². The lowest BCUT2D eigenvalue weighted by atomic mass is 10.1. The Labute approximate surface area is 111 Å². The van der Waals surface area contributed by atoms with Gasteiger partial charge in [-0.15, -0.1) is 0 Å². The lowest BCUT2D eigenvalue weighted by Crippen LogP contribution is -2.32. The van der Waals surface area contributed by atoms with Gasteiger partial charge in [0, 0.05) is 19.2 Å². The third-order valence-electron chi connectivity index (χ3n) is 2.97. The summed E-state index contributed by atoms with van der Waals surface area (Å²) in [5.74, 6) is -1.49. The van der Waals surface area contributed by atoms with Crippen LogP contribution in [0.25, 0.3) is 0 Å². The van der Waals surface area contributed by atoms with Crippen LogP contribution in [0.1, 0.15) is 19.4 Å². The highest BCUT2D eigenvalue weighted by Crippen LogP contribution is 2.29. The Balaban J connectivity index is 3.13. The topological polar surface area (TPSA) is 83.7 Å². The average molecular weight is 266 g/mol. The lowest BCUT2D eigenvalue weighted by Gasteiger charge is -2.25. The van der Waals surface area contributed by atoms with Crippen molar-refractivity contribution < 1.29 is 14.8 Å². The molecule has 1 unspecified atom stereocenters. The summed E-state index contributed by atoms with van der Waals surface area (Å²) in [4.78, 5) is 23.2. The Kier molecular flexibility index (Phi) is 4.86. The van der Waals surface area contributed by atoms with E-state index in [1.165, 1.54) is 6.07 Å². The molecule has 0 aliphatic heterocycles. The molecule has 6 heteroatoms. The molecule has 1 N–H and O–H groups in total. The monoisotopic (exact) mass is 266 g/mol. The van der Waals surface area contributed by atoms with Gasteiger partial charge in [0.2, 0.25) is 0 Å². The zero-order chi connectivity index (χ0) is 14.6. The molecular formula is C13H18N2O4. The normalized spacial score (nSPS) is 11.9. The maximum Gasteiger partial charge on any atom is 0.308 e. The van der Waals surface area contributed by atoms with Crippen molar-refractivity contribution in [1.82, 2.24) is 0 Å². The number of aliphatic carboxylic acids is 1. The third kappa shape index (κ3) is 3.67. The lowest BCUT2D eigenvalue weighted by molar-refractivity contribution is -0.384. The summed E-state index contributed by atoms with van der Waals surface area (Å²) in [7, 11) is 0. The largest absolute Gasteiger partial charge is 0.481 e. The molecule has 19 heavy (non-hydrogen) atoms. The van der Waals surface area contributed by atoms with Crippen LogP contribution in [0.4, 0.5) is 11.4 Å². The molecule has 0 heterocycles. The number of carboxylic acids is 1. The number of nitro benzene ring substituents is 1. The fourth-order valence-electron chi connectivity index (χ4n) is 1.85. The van der Waals surface area contributed by atoms with E-state index < -0.39 is 16.8 Å². The first-order valence-electron chi connectivity index (χ1n) is 6.09. The number of anilines is 1. The number of aryl methyl sites for hydroxylation is 1. The van der Waals surface area contributed by atoms with E-state index in [0.717, 1.165) is 5.56 Å². The minimum absolute atomic E-state index is 0.00467. The summed E-state index contributed by atoms with van der Waals surface area (Å²) in [6.45, 7) is 6.05. The predicted octanol–water partition coefficient (Wildman–Crippen LogP) is 2.45. The summed E-state index contributed by atoms with van der Waals surface area (Å²) in [5.41, 5.74) is 1.38. The fourth-order valence-corrected chi connectivity index (χ4v) is 1.85. The first-order chi connectivity index (χ1) is 8.86. The Hall–Kier alpha value is -2.11. The van der Waals surface area contributed by atoms with Crippen LogP contribution in [0.15, 0.2) is 18.2 Å². The molecule has 0 saturated carbocycles. The maximum atomic E-state index is 11.0. The van der Waals surface area contributed by atoms with E-state index in [2.05, 4.69) is 0 Å². The number of carboxylic acid groups (broad SMARTS) is 1. The summed E-state index contributed by atoms with van der Waals surface area (Å²) in [5, 5.41) is 20.0. The van der Waals surface area contributed by atoms with E-state index in [0.29, 0.717) is 12.2 Å². The van der Waals surface area contributed by atoms with Gasteiger partial charge in [-0.3, -0.25) is 14.9 Å². The molecule has 0 spiro atoms. The van der Waals surface area contributed by atoms with Crippen molar-refractivity contribution in [3.05, 3.63) is 33.9 Å². The van der Waals surface area contributed by atoms with Gasteiger partial charge in [0.05, 0.1) is 10.8 Å². The molecule has 104 valence electrons. The van der Waals surface area contributed by atoms with Crippen molar-refractivity contribution >= 4 is 17.3 Å². The zero-order valence-corrected chi connectivity index (χ0v) is 11.3. The van der Waals surface area contributed by atoms with Gasteiger partial charge in [-0.2, -0.15) is 0 Å². The number of nitro groups is 1. The number of benzene rings is 1. The Morgan fingerprint density at radius 1 is 1.53 bits per heavy atom. The smallest absolute Gasteiger partial charge is 0.308 e. The van der Waals surface area contributed by atoms with E-state index in [-0.39, 0.29) is 12.2 Å². The van der Waals surface area contributed by atoms with Crippen LogP contribution < -0.4 is 4.90 Å². The Morgan fingerprint density at radius 2 is 2.16 bits per heavy atom. The molecule has 6 nitrogen and oxygen atoms in total. The molecule has 0 radical (unpaired) electrons. The summed E-state index contributed by atoms with van der Waals surface area (Å²) < 4.78 is 0. The summed E-state index contributed by atoms with van der Waals surface area (Å²) >= 11 is 0. The van der Waals surface area contributed by atoms with E-state index in [1.54, 1.807) is 24.0 Å². The minimum atomic E-state index is -0.909. The molecule has 0 saturated heterocycles. The predicted molar refractivity (Wildman–Crippen MR) is 72.5 cm³/mol. The third-order valence-corrected chi connectivity index (χ3v) is 2.97. The second kappa shape index (κ2) is 6.17. The molecule has 0 aliphatic carbocycles. The summed E-state index contributed by atoms with van der Waals surface area (Å²) in [6, 6.07) is 4.85. The quantitative estimate of drug-likeness (QED) is 0.631. The van der Waals surface area contributed by atoms with E-state index in [9.17, 15) is 14.9 Å². The van der Waals surface area contributed by atoms with Gasteiger partial charge in [0.1, 0.15) is 5.69 Å². The van der Waals surface area contributed by atoms with Crippen LogP contribution >= 0.6 is 0 Å². The highest BCUT2D eigenvalue weighted by Gasteiger charge is 2.22. The molecule has 0 bridgehead atoms. The highest BCUT2D eigenvalue weighted by molar-refractivity contribution is 5.71. The van der Waals surface area contributed by atoms with E-state index in [4.69, 9.17) is 5.11 Å². The van der Waals surface area contributed by atoms with Crippen LogP contribution in [0.5, 0.6) is 0 Å². The van der Waals surface area contributed by atoms with Gasteiger partial charge < -0.3 is 10.0 Å². The highest BCUT2D eigenvalue weighted by atomic mass is 16.6. The van der Waals surface area contributed by atoms with E-state index in [1.807, 2.05) is 13.8 Å². The van der Waals surface area contributed by atoms with Gasteiger partial charge in [-0.25, -0.2) is 0 Å². The first kappa shape index (κ1) is 14.9. The van der Waals surface area contributed by atoms with Gasteiger partial charge >= 0.3 is 5.97 Å². The van der Waals surface area contributed by atoms with Crippen molar-refractivity contribution in [2.75, 3.05) is 18.0 Å². The Bertz CT molecular complexity index is 488. The zero-order valence-electron chi connectivity index (χ0n) is 11.3. The van der Waals surface area contributed by atoms with Crippen molar-refractivity contribution in [3.63, 3.8) is 0 Å². The molecule has 0 aromatic heterocycles. The number of nitrogens with zero attached hydrogens (tertiary/aromatic N) is 2. The Morgan fingerprint density at radius 3 is 2.63 bits per heavy atom. The maximum absolute atomic E-state index is 11.0. The van der Waals surface area contributed by atoms with Gasteiger partial charge in [-0.1, -0.05) is 13.0 Å². The molecule has 0 fully saturated rings. The van der Waals surface area contributed by atoms with Gasteiger partial charge in [0.15, 0.2) is 0 Å². The molecule has 1 aromatic carbocycles. The number of carbonyl (C=O) groups is 1. The van der Waals surface area contributed by atoms with Crippen LogP contribution in [0, 0.1) is 23.0 Å². The molecular weight excluding hydrogens is 248 g/mol. The second-order valence-electron chi connectivity index (χ2n) is 4.53. The number of hydrogen-bond acceptors (Lipinski definition) is 4. The first-order valence-corrected chi connectivity index (χ1v) is 6.09. The van der Waals surface area contributed by atoms with Gasteiger partial charge in [0.25, 0.3) is 5.69 Å². The molecule has 0 amide bonds. The SMILES string of the molecule is CCN(CC(C)C(=O)O)c1cc(C)ccc1[N+](=O)[O-]. The minimum Gasteiger partial charge on any atom is -0.481 e. The average Bonchev–Trinajstić information content (AvgIpc) is 2.34. The van der Waals surface area contributed by atoms with Crippen molar-refractivity contribution in [1.29, 1.82) is 0 Å². The van der Waals surface area contributed by atoms with Crippen LogP contribution in [-0.2, 0) is 4.79 Å². The molecule has 1 rings (SSSR count). The molecule has 1 aromatic rings. The van der Waals surface area contributed by atoms with E-state index >= 15 is 0 Å². The fraction of sp³-hybridized carbons (Fsp3) is 0.462. The number of hydrogen-bond donors (Lipinski definition) is 1. The molecule has 0 aliphatic rings. The summed E-state index contributed by atoms with van der Waals surface area (Å²) in [6.07, 6.45) is 0. The van der Waals surface area contributed by atoms with Crippen LogP contribution in [0.3, 0.4) is 0 Å². The van der Waals surface area contributed by atoms with Crippen LogP contribution in [0.2, 0.25) is 0 Å². The van der Waals surface area contributed by atoms with Crippen molar-refractivity contribution in [3.8, 4) is 0 Å². The standard InChI is InChI=1S/C13H18N2O4/c1-4-14(8-10(3)13(16)17)12-7-9(2)5-6-11(12)15(18)19/h5-7,10H,4,8H2,1-3H3,(H,16,17). The van der Waals surface area contributed by atoms with Crippen LogP contribution in [-0.4, -0.2) is 29.1 Å². The molecule has 1 atom stereocenters. The van der Waals surface area contributed by atoms with Crippen molar-refractivity contribution in [2.45, 2.75) is 20.8 Å². The second-order valence-corrected chi connectivity index (χ2v) is 4.53. The van der Waals surface area contributed by atoms with Gasteiger partial charge in [-0.05, 0) is 25.5 Å².